The molecule has 6 heteroatoms. The van der Waals surface area contributed by atoms with Gasteiger partial charge in [0.25, 0.3) is 11.7 Å². The molecule has 3 aromatic rings. The molecule has 0 spiro atoms. The number of hydrogen-bond donors (Lipinski definition) is 1. The molecule has 0 unspecified atom stereocenters. The van der Waals surface area contributed by atoms with Crippen molar-refractivity contribution in [2.75, 3.05) is 6.54 Å². The number of fused-ring (bicyclic) bond motifs is 1. The van der Waals surface area contributed by atoms with Gasteiger partial charge in [0.2, 0.25) is 5.82 Å². The van der Waals surface area contributed by atoms with E-state index < -0.39 is 0 Å². The average Bonchev–Trinajstić information content (AvgIpc) is 2.98. The smallest absolute Gasteiger partial charge is 0.291 e. The van der Waals surface area contributed by atoms with Crippen LogP contribution in [0.15, 0.2) is 42.6 Å². The van der Waals surface area contributed by atoms with Crippen molar-refractivity contribution in [3.63, 3.8) is 0 Å². The van der Waals surface area contributed by atoms with E-state index in [1.165, 1.54) is 4.52 Å². The van der Waals surface area contributed by atoms with Crippen LogP contribution in [0.1, 0.15) is 21.9 Å². The molecule has 2 aromatic heterocycles. The van der Waals surface area contributed by atoms with Gasteiger partial charge in [0.05, 0.1) is 6.54 Å². The standard InChI is InChI=1S/C16H13N5O/c1-12-9-11-18-16-19-14(20-21(12)16)15(22)17-10-5-8-13-6-3-2-4-7-13/h2-4,6-7,9,11H,10H2,1H3,(H,17,22). The SMILES string of the molecule is Cc1ccnc2nc(C(=O)NCC#Cc3ccccc3)nn12. The first kappa shape index (κ1) is 13.8. The average molecular weight is 291 g/mol. The Morgan fingerprint density at radius 1 is 1.27 bits per heavy atom. The number of hydrogen-bond acceptors (Lipinski definition) is 4. The summed E-state index contributed by atoms with van der Waals surface area (Å²) in [5.41, 5.74) is 1.77. The minimum atomic E-state index is -0.368. The lowest BCUT2D eigenvalue weighted by Crippen LogP contribution is -2.24. The Kier molecular flexibility index (Phi) is 3.79. The van der Waals surface area contributed by atoms with Crippen LogP contribution < -0.4 is 5.32 Å². The maximum absolute atomic E-state index is 12.0. The fraction of sp³-hybridized carbons (Fsp3) is 0.125. The van der Waals surface area contributed by atoms with E-state index in [0.29, 0.717) is 5.78 Å². The molecule has 0 bridgehead atoms. The van der Waals surface area contributed by atoms with Gasteiger partial charge in [-0.1, -0.05) is 30.0 Å². The Morgan fingerprint density at radius 3 is 2.86 bits per heavy atom. The summed E-state index contributed by atoms with van der Waals surface area (Å²) in [6.45, 7) is 2.10. The van der Waals surface area contributed by atoms with Gasteiger partial charge in [0.1, 0.15) is 0 Å². The molecule has 0 aliphatic heterocycles. The second kappa shape index (κ2) is 6.06. The van der Waals surface area contributed by atoms with E-state index >= 15 is 0 Å². The molecule has 1 aromatic carbocycles. The summed E-state index contributed by atoms with van der Waals surface area (Å²) in [5, 5.41) is 6.80. The molecule has 0 saturated carbocycles. The number of benzene rings is 1. The zero-order valence-electron chi connectivity index (χ0n) is 11.9. The molecule has 1 N–H and O–H groups in total. The highest BCUT2D eigenvalue weighted by atomic mass is 16.2. The van der Waals surface area contributed by atoms with E-state index in [0.717, 1.165) is 11.3 Å². The van der Waals surface area contributed by atoms with Gasteiger partial charge < -0.3 is 5.32 Å². The van der Waals surface area contributed by atoms with E-state index in [2.05, 4.69) is 32.2 Å². The molecular weight excluding hydrogens is 278 g/mol. The first-order valence-electron chi connectivity index (χ1n) is 6.74. The number of carbonyl (C=O) groups is 1. The Bertz CT molecular complexity index is 874. The van der Waals surface area contributed by atoms with Gasteiger partial charge in [-0.3, -0.25) is 4.79 Å². The first-order chi connectivity index (χ1) is 10.7. The zero-order chi connectivity index (χ0) is 15.4. The van der Waals surface area contributed by atoms with Crippen molar-refractivity contribution in [2.45, 2.75) is 6.92 Å². The monoisotopic (exact) mass is 291 g/mol. The highest BCUT2D eigenvalue weighted by Gasteiger charge is 2.13. The van der Waals surface area contributed by atoms with Crippen molar-refractivity contribution < 1.29 is 4.79 Å². The van der Waals surface area contributed by atoms with Gasteiger partial charge in [-0.25, -0.2) is 9.50 Å². The molecule has 0 radical (unpaired) electrons. The third kappa shape index (κ3) is 2.94. The first-order valence-corrected chi connectivity index (χ1v) is 6.74. The van der Waals surface area contributed by atoms with Crippen LogP contribution in [0, 0.1) is 18.8 Å². The van der Waals surface area contributed by atoms with E-state index in [1.54, 1.807) is 12.3 Å². The van der Waals surface area contributed by atoms with Crippen molar-refractivity contribution in [1.29, 1.82) is 0 Å². The molecule has 0 aliphatic rings. The second-order valence-corrected chi connectivity index (χ2v) is 4.58. The molecule has 1 amide bonds. The topological polar surface area (TPSA) is 72.2 Å². The third-order valence-corrected chi connectivity index (χ3v) is 2.98. The predicted octanol–water partition coefficient (Wildman–Crippen LogP) is 1.21. The zero-order valence-corrected chi connectivity index (χ0v) is 11.9. The maximum Gasteiger partial charge on any atom is 0.291 e. The normalized spacial score (nSPS) is 10.0. The van der Waals surface area contributed by atoms with E-state index in [-0.39, 0.29) is 18.3 Å². The summed E-state index contributed by atoms with van der Waals surface area (Å²) in [6, 6.07) is 11.4. The van der Waals surface area contributed by atoms with E-state index in [1.807, 2.05) is 37.3 Å². The van der Waals surface area contributed by atoms with Crippen LogP contribution in [0.25, 0.3) is 5.78 Å². The van der Waals surface area contributed by atoms with E-state index in [9.17, 15) is 4.79 Å². The molecule has 22 heavy (non-hydrogen) atoms. The Balaban J connectivity index is 1.67. The fourth-order valence-electron chi connectivity index (χ4n) is 1.87. The van der Waals surface area contributed by atoms with Crippen LogP contribution in [0.4, 0.5) is 0 Å². The third-order valence-electron chi connectivity index (χ3n) is 2.98. The Hall–Kier alpha value is -3.20. The largest absolute Gasteiger partial charge is 0.338 e. The van der Waals surface area contributed by atoms with Crippen molar-refractivity contribution in [1.82, 2.24) is 24.9 Å². The van der Waals surface area contributed by atoms with Crippen LogP contribution in [0.3, 0.4) is 0 Å². The minimum absolute atomic E-state index is 0.0864. The molecule has 2 heterocycles. The van der Waals surface area contributed by atoms with Crippen LogP contribution in [-0.2, 0) is 0 Å². The minimum Gasteiger partial charge on any atom is -0.338 e. The lowest BCUT2D eigenvalue weighted by Gasteiger charge is -1.95. The summed E-state index contributed by atoms with van der Waals surface area (Å²) in [4.78, 5) is 20.1. The van der Waals surface area contributed by atoms with Crippen LogP contribution >= 0.6 is 0 Å². The molecule has 0 saturated heterocycles. The molecule has 0 atom stereocenters. The Morgan fingerprint density at radius 2 is 2.09 bits per heavy atom. The quantitative estimate of drug-likeness (QED) is 0.720. The van der Waals surface area contributed by atoms with Gasteiger partial charge in [-0.05, 0) is 25.1 Å². The van der Waals surface area contributed by atoms with Gasteiger partial charge in [-0.2, -0.15) is 4.98 Å². The number of aromatic nitrogens is 4. The lowest BCUT2D eigenvalue weighted by atomic mass is 10.2. The highest BCUT2D eigenvalue weighted by Crippen LogP contribution is 2.01. The summed E-state index contributed by atoms with van der Waals surface area (Å²) in [6.07, 6.45) is 1.63. The van der Waals surface area contributed by atoms with Gasteiger partial charge in [0, 0.05) is 17.5 Å². The molecule has 0 fully saturated rings. The van der Waals surface area contributed by atoms with Crippen molar-refractivity contribution >= 4 is 11.7 Å². The van der Waals surface area contributed by atoms with Crippen LogP contribution in [0.5, 0.6) is 0 Å². The summed E-state index contributed by atoms with van der Waals surface area (Å²) < 4.78 is 1.53. The fourth-order valence-corrected chi connectivity index (χ4v) is 1.87. The van der Waals surface area contributed by atoms with Gasteiger partial charge in [-0.15, -0.1) is 5.10 Å². The molecule has 3 rings (SSSR count). The number of nitrogens with one attached hydrogen (secondary N) is 1. The second-order valence-electron chi connectivity index (χ2n) is 4.58. The van der Waals surface area contributed by atoms with Crippen molar-refractivity contribution in [2.24, 2.45) is 0 Å². The van der Waals surface area contributed by atoms with Crippen molar-refractivity contribution in [3.05, 3.63) is 59.7 Å². The molecular formula is C16H13N5O. The Labute approximate surface area is 127 Å². The highest BCUT2D eigenvalue weighted by molar-refractivity contribution is 5.90. The molecule has 6 nitrogen and oxygen atoms in total. The van der Waals surface area contributed by atoms with Crippen LogP contribution in [-0.4, -0.2) is 32.0 Å². The summed E-state index contributed by atoms with van der Waals surface area (Å²) in [7, 11) is 0. The summed E-state index contributed by atoms with van der Waals surface area (Å²) in [5.74, 6) is 5.97. The number of carbonyl (C=O) groups excluding carboxylic acids is 1. The number of amides is 1. The van der Waals surface area contributed by atoms with E-state index in [4.69, 9.17) is 0 Å². The number of aryl methyl sites for hydroxylation is 1. The van der Waals surface area contributed by atoms with Gasteiger partial charge in [0.15, 0.2) is 0 Å². The maximum atomic E-state index is 12.0. The van der Waals surface area contributed by atoms with Gasteiger partial charge >= 0.3 is 0 Å². The predicted molar refractivity (Wildman–Crippen MR) is 81.2 cm³/mol. The molecule has 108 valence electrons. The number of nitrogens with zero attached hydrogens (tertiary/aromatic N) is 4. The summed E-state index contributed by atoms with van der Waals surface area (Å²) >= 11 is 0. The van der Waals surface area contributed by atoms with Crippen LogP contribution in [0.2, 0.25) is 0 Å². The number of rotatable bonds is 2. The van der Waals surface area contributed by atoms with Crippen molar-refractivity contribution in [3.8, 4) is 11.8 Å². The lowest BCUT2D eigenvalue weighted by molar-refractivity contribution is 0.0948. The molecule has 0 aliphatic carbocycles.